The van der Waals surface area contributed by atoms with Crippen molar-refractivity contribution < 1.29 is 22.7 Å². The number of amides is 2. The zero-order valence-electron chi connectivity index (χ0n) is 14.7. The van der Waals surface area contributed by atoms with E-state index >= 15 is 0 Å². The van der Waals surface area contributed by atoms with Crippen molar-refractivity contribution in [2.75, 3.05) is 48.1 Å². The van der Waals surface area contributed by atoms with E-state index in [0.29, 0.717) is 24.5 Å². The number of ether oxygens (including phenoxy) is 1. The number of nitrogens with zero attached hydrogens (tertiary/aromatic N) is 2. The van der Waals surface area contributed by atoms with Crippen LogP contribution in [0.4, 0.5) is 5.69 Å². The van der Waals surface area contributed by atoms with Crippen LogP contribution in [0.25, 0.3) is 0 Å². The van der Waals surface area contributed by atoms with Crippen LogP contribution in [0.15, 0.2) is 17.0 Å². The molecule has 0 aliphatic carbocycles. The minimum absolute atomic E-state index is 0.0259. The minimum Gasteiger partial charge on any atom is -0.482 e. The van der Waals surface area contributed by atoms with E-state index in [-0.39, 0.29) is 40.0 Å². The number of hydrogen-bond donors (Lipinski definition) is 1. The summed E-state index contributed by atoms with van der Waals surface area (Å²) in [4.78, 5) is 26.0. The van der Waals surface area contributed by atoms with Gasteiger partial charge in [0, 0.05) is 36.4 Å². The van der Waals surface area contributed by atoms with Gasteiger partial charge in [0.15, 0.2) is 6.61 Å². The summed E-state index contributed by atoms with van der Waals surface area (Å²) in [5.41, 5.74) is 0.328. The lowest BCUT2D eigenvalue weighted by Crippen LogP contribution is -2.51. The maximum Gasteiger partial charge on any atom is 0.262 e. The highest BCUT2D eigenvalue weighted by Gasteiger charge is 2.43. The summed E-state index contributed by atoms with van der Waals surface area (Å²) in [5.74, 6) is 2.07. The van der Waals surface area contributed by atoms with Gasteiger partial charge >= 0.3 is 0 Å². The van der Waals surface area contributed by atoms with Crippen molar-refractivity contribution in [2.24, 2.45) is 0 Å². The number of nitrogens with one attached hydrogen (secondary N) is 1. The standard InChI is InChI=1S/C16H18ClN3O5S3/c17-10-5-11-13(25-7-15(21)18-11)6-14(10)28(23,24)20-9-27-8-12(20)16(22)19-1-3-26-4-2-19/h5-6,12H,1-4,7-9H2,(H,18,21)/t12-/m1/s1. The van der Waals surface area contributed by atoms with Crippen LogP contribution in [0, 0.1) is 0 Å². The Morgan fingerprint density at radius 3 is 2.75 bits per heavy atom. The summed E-state index contributed by atoms with van der Waals surface area (Å²) in [6.45, 7) is 1.07. The van der Waals surface area contributed by atoms with Crippen LogP contribution in [0.2, 0.25) is 5.02 Å². The highest BCUT2D eigenvalue weighted by atomic mass is 35.5. The molecule has 3 aliphatic heterocycles. The normalized spacial score (nSPS) is 23.1. The predicted octanol–water partition coefficient (Wildman–Crippen LogP) is 1.31. The highest BCUT2D eigenvalue weighted by molar-refractivity contribution is 8.00. The number of rotatable bonds is 3. The van der Waals surface area contributed by atoms with Crippen LogP contribution in [0.1, 0.15) is 0 Å². The van der Waals surface area contributed by atoms with E-state index in [1.54, 1.807) is 16.7 Å². The van der Waals surface area contributed by atoms with Crippen molar-refractivity contribution in [1.29, 1.82) is 0 Å². The van der Waals surface area contributed by atoms with Gasteiger partial charge in [-0.2, -0.15) is 16.1 Å². The monoisotopic (exact) mass is 463 g/mol. The maximum atomic E-state index is 13.3. The molecule has 3 heterocycles. The van der Waals surface area contributed by atoms with Crippen LogP contribution < -0.4 is 10.1 Å². The second kappa shape index (κ2) is 7.94. The first kappa shape index (κ1) is 20.1. The smallest absolute Gasteiger partial charge is 0.262 e. The first-order valence-corrected chi connectivity index (χ1v) is 12.7. The summed E-state index contributed by atoms with van der Waals surface area (Å²) in [5, 5.41) is 2.57. The van der Waals surface area contributed by atoms with Crippen LogP contribution in [0.5, 0.6) is 5.75 Å². The molecule has 1 aromatic rings. The SMILES string of the molecule is O=C1COc2cc(S(=O)(=O)N3CSC[C@@H]3C(=O)N3CCSCC3)c(Cl)cc2N1. The van der Waals surface area contributed by atoms with E-state index in [1.165, 1.54) is 28.2 Å². The molecule has 28 heavy (non-hydrogen) atoms. The molecule has 152 valence electrons. The fourth-order valence-corrected chi connectivity index (χ4v) is 7.82. The molecule has 0 bridgehead atoms. The molecule has 8 nitrogen and oxygen atoms in total. The number of thioether (sulfide) groups is 2. The summed E-state index contributed by atoms with van der Waals surface area (Å²) < 4.78 is 33.2. The van der Waals surface area contributed by atoms with Gasteiger partial charge in [0.1, 0.15) is 16.7 Å². The molecule has 0 aromatic heterocycles. The molecule has 2 amide bonds. The lowest BCUT2D eigenvalue weighted by molar-refractivity contribution is -0.133. The van der Waals surface area contributed by atoms with E-state index in [4.69, 9.17) is 16.3 Å². The average molecular weight is 464 g/mol. The quantitative estimate of drug-likeness (QED) is 0.721. The summed E-state index contributed by atoms with van der Waals surface area (Å²) >= 11 is 9.42. The lowest BCUT2D eigenvalue weighted by atomic mass is 10.2. The molecule has 2 saturated heterocycles. The third-order valence-electron chi connectivity index (χ3n) is 4.70. The zero-order valence-corrected chi connectivity index (χ0v) is 17.9. The summed E-state index contributed by atoms with van der Waals surface area (Å²) in [6, 6.07) is 1.93. The van der Waals surface area contributed by atoms with Gasteiger partial charge < -0.3 is 15.0 Å². The largest absolute Gasteiger partial charge is 0.482 e. The molecule has 3 aliphatic rings. The molecule has 0 spiro atoms. The molecule has 1 aromatic carbocycles. The van der Waals surface area contributed by atoms with E-state index in [0.717, 1.165) is 11.5 Å². The summed E-state index contributed by atoms with van der Waals surface area (Å²) in [7, 11) is -4.01. The van der Waals surface area contributed by atoms with Crippen LogP contribution in [0.3, 0.4) is 0 Å². The van der Waals surface area contributed by atoms with Gasteiger partial charge in [-0.15, -0.1) is 11.8 Å². The number of halogens is 1. The molecule has 0 radical (unpaired) electrons. The Bertz CT molecular complexity index is 920. The number of anilines is 1. The number of carbonyl (C=O) groups excluding carboxylic acids is 2. The molecule has 2 fully saturated rings. The Morgan fingerprint density at radius 2 is 2.00 bits per heavy atom. The van der Waals surface area contributed by atoms with E-state index in [2.05, 4.69) is 5.32 Å². The average Bonchev–Trinajstić information content (AvgIpc) is 3.18. The van der Waals surface area contributed by atoms with Crippen molar-refractivity contribution >= 4 is 62.6 Å². The zero-order chi connectivity index (χ0) is 19.9. The number of hydrogen-bond acceptors (Lipinski definition) is 7. The van der Waals surface area contributed by atoms with E-state index in [1.807, 2.05) is 0 Å². The Hall–Kier alpha value is -1.14. The third kappa shape index (κ3) is 3.70. The van der Waals surface area contributed by atoms with Gasteiger partial charge in [-0.1, -0.05) is 11.6 Å². The topological polar surface area (TPSA) is 96.0 Å². The van der Waals surface area contributed by atoms with E-state index in [9.17, 15) is 18.0 Å². The van der Waals surface area contributed by atoms with Gasteiger partial charge in [0.25, 0.3) is 5.91 Å². The first-order chi connectivity index (χ1) is 13.4. The van der Waals surface area contributed by atoms with Crippen LogP contribution in [-0.4, -0.2) is 78.3 Å². The first-order valence-electron chi connectivity index (χ1n) is 8.60. The van der Waals surface area contributed by atoms with Crippen molar-refractivity contribution in [1.82, 2.24) is 9.21 Å². The fourth-order valence-electron chi connectivity index (χ4n) is 3.26. The maximum absolute atomic E-state index is 13.3. The number of fused-ring (bicyclic) bond motifs is 1. The van der Waals surface area contributed by atoms with Crippen molar-refractivity contribution in [2.45, 2.75) is 10.9 Å². The van der Waals surface area contributed by atoms with Crippen molar-refractivity contribution in [3.63, 3.8) is 0 Å². The molecule has 0 saturated carbocycles. The van der Waals surface area contributed by atoms with Crippen LogP contribution >= 0.6 is 35.1 Å². The van der Waals surface area contributed by atoms with Gasteiger partial charge in [0.2, 0.25) is 15.9 Å². The number of benzene rings is 1. The number of carbonyl (C=O) groups is 2. The van der Waals surface area contributed by atoms with Gasteiger partial charge in [-0.05, 0) is 6.07 Å². The van der Waals surface area contributed by atoms with Gasteiger partial charge in [-0.25, -0.2) is 8.42 Å². The molecular formula is C16H18ClN3O5S3. The molecule has 1 atom stereocenters. The van der Waals surface area contributed by atoms with Crippen molar-refractivity contribution in [3.05, 3.63) is 17.2 Å². The highest BCUT2D eigenvalue weighted by Crippen LogP contribution is 2.39. The van der Waals surface area contributed by atoms with Gasteiger partial charge in [-0.3, -0.25) is 9.59 Å². The second-order valence-corrected chi connectivity index (χ2v) is 11.0. The molecule has 4 rings (SSSR count). The Labute approximate surface area is 176 Å². The Morgan fingerprint density at radius 1 is 1.25 bits per heavy atom. The minimum atomic E-state index is -4.01. The van der Waals surface area contributed by atoms with E-state index < -0.39 is 16.1 Å². The number of sulfonamides is 1. The van der Waals surface area contributed by atoms with Crippen LogP contribution in [-0.2, 0) is 19.6 Å². The fraction of sp³-hybridized carbons (Fsp3) is 0.500. The predicted molar refractivity (Wildman–Crippen MR) is 110 cm³/mol. The summed E-state index contributed by atoms with van der Waals surface area (Å²) in [6.07, 6.45) is 0. The molecular weight excluding hydrogens is 446 g/mol. The lowest BCUT2D eigenvalue weighted by Gasteiger charge is -2.31. The molecule has 0 unspecified atom stereocenters. The third-order valence-corrected chi connectivity index (χ3v) is 9.14. The second-order valence-electron chi connectivity index (χ2n) is 6.46. The van der Waals surface area contributed by atoms with Crippen molar-refractivity contribution in [3.8, 4) is 5.75 Å². The Kier molecular flexibility index (Phi) is 5.71. The van der Waals surface area contributed by atoms with Gasteiger partial charge in [0.05, 0.1) is 16.6 Å². The molecule has 1 N–H and O–H groups in total. The Balaban J connectivity index is 1.64. The molecule has 12 heteroatoms.